The molecule has 186 valence electrons. The van der Waals surface area contributed by atoms with Crippen molar-refractivity contribution >= 4 is 29.2 Å². The molecule has 3 rings (SSSR count). The number of aliphatic hydroxyl groups is 1. The van der Waals surface area contributed by atoms with Crippen molar-refractivity contribution in [2.24, 2.45) is 5.41 Å². The molecule has 0 aliphatic carbocycles. The molecule has 0 amide bonds. The van der Waals surface area contributed by atoms with E-state index in [0.29, 0.717) is 31.5 Å². The number of likely N-dealkylation sites (tertiary alicyclic amines) is 1. The molecule has 1 saturated heterocycles. The van der Waals surface area contributed by atoms with Gasteiger partial charge in [0.1, 0.15) is 22.4 Å². The highest BCUT2D eigenvalue weighted by Gasteiger charge is 2.47. The molecule has 1 aromatic heterocycles. The fourth-order valence-corrected chi connectivity index (χ4v) is 4.89. The zero-order valence-electron chi connectivity index (χ0n) is 19.8. The molecular formula is C25H30Cl2F2N2O3. The van der Waals surface area contributed by atoms with Gasteiger partial charge in [0, 0.05) is 30.1 Å². The molecule has 1 N–H and O–H groups in total. The lowest BCUT2D eigenvalue weighted by Crippen LogP contribution is -2.51. The molecule has 2 heterocycles. The van der Waals surface area contributed by atoms with E-state index in [9.17, 15) is 14.3 Å². The predicted molar refractivity (Wildman–Crippen MR) is 128 cm³/mol. The first kappa shape index (κ1) is 26.8. The third-order valence-corrected chi connectivity index (χ3v) is 6.66. The van der Waals surface area contributed by atoms with E-state index in [1.807, 2.05) is 6.92 Å². The molecule has 5 nitrogen and oxygen atoms in total. The Labute approximate surface area is 209 Å². The van der Waals surface area contributed by atoms with Gasteiger partial charge in [-0.05, 0) is 59.2 Å². The molecule has 0 spiro atoms. The minimum absolute atomic E-state index is 0.0175. The van der Waals surface area contributed by atoms with Crippen molar-refractivity contribution in [2.75, 3.05) is 6.54 Å². The van der Waals surface area contributed by atoms with Crippen LogP contribution in [-0.2, 0) is 29.1 Å². The minimum atomic E-state index is -1.05. The number of aromatic nitrogens is 1. The van der Waals surface area contributed by atoms with Crippen LogP contribution < -0.4 is 0 Å². The van der Waals surface area contributed by atoms with Gasteiger partial charge in [-0.2, -0.15) is 0 Å². The number of aliphatic hydroxyl groups excluding tert-OH is 1. The molecule has 2 atom stereocenters. The number of hydrogen-bond acceptors (Lipinski definition) is 5. The van der Waals surface area contributed by atoms with Crippen LogP contribution in [-0.4, -0.2) is 39.1 Å². The summed E-state index contributed by atoms with van der Waals surface area (Å²) >= 11 is 12.0. The summed E-state index contributed by atoms with van der Waals surface area (Å²) in [4.78, 5) is 19.6. The molecule has 34 heavy (non-hydrogen) atoms. The van der Waals surface area contributed by atoms with Crippen molar-refractivity contribution in [2.45, 2.75) is 71.8 Å². The van der Waals surface area contributed by atoms with Crippen LogP contribution in [0.1, 0.15) is 57.4 Å². The second-order valence-corrected chi connectivity index (χ2v) is 10.8. The lowest BCUT2D eigenvalue weighted by atomic mass is 9.71. The Morgan fingerprint density at radius 2 is 1.97 bits per heavy atom. The molecule has 9 heteroatoms. The van der Waals surface area contributed by atoms with Crippen LogP contribution in [0.3, 0.4) is 0 Å². The monoisotopic (exact) mass is 514 g/mol. The lowest BCUT2D eigenvalue weighted by molar-refractivity contribution is -0.172. The summed E-state index contributed by atoms with van der Waals surface area (Å²) in [5.74, 6) is -1.57. The van der Waals surface area contributed by atoms with E-state index in [4.69, 9.17) is 27.9 Å². The van der Waals surface area contributed by atoms with Crippen molar-refractivity contribution in [1.29, 1.82) is 0 Å². The second-order valence-electron chi connectivity index (χ2n) is 9.97. The van der Waals surface area contributed by atoms with E-state index in [-0.39, 0.29) is 33.9 Å². The number of rotatable bonds is 6. The number of piperidine rings is 1. The van der Waals surface area contributed by atoms with E-state index in [1.54, 1.807) is 32.9 Å². The molecule has 1 aliphatic rings. The summed E-state index contributed by atoms with van der Waals surface area (Å²) in [5, 5.41) is 9.60. The Morgan fingerprint density at radius 3 is 2.59 bits per heavy atom. The van der Waals surface area contributed by atoms with Crippen LogP contribution in [0.5, 0.6) is 0 Å². The van der Waals surface area contributed by atoms with Crippen LogP contribution in [0.4, 0.5) is 8.78 Å². The zero-order chi connectivity index (χ0) is 25.3. The number of carbonyl (C=O) groups excluding carboxylic acids is 1. The van der Waals surface area contributed by atoms with Crippen LogP contribution in [0.2, 0.25) is 10.2 Å². The lowest BCUT2D eigenvalue weighted by Gasteiger charge is -2.45. The number of hydrogen-bond donors (Lipinski definition) is 1. The summed E-state index contributed by atoms with van der Waals surface area (Å²) in [6.07, 6.45) is 0.688. The van der Waals surface area contributed by atoms with Crippen molar-refractivity contribution < 1.29 is 23.4 Å². The van der Waals surface area contributed by atoms with Gasteiger partial charge in [-0.1, -0.05) is 35.3 Å². The number of nitrogens with zero attached hydrogens (tertiary/aromatic N) is 2. The number of esters is 1. The quantitative estimate of drug-likeness (QED) is 0.394. The van der Waals surface area contributed by atoms with Gasteiger partial charge in [-0.25, -0.2) is 13.8 Å². The first-order valence-corrected chi connectivity index (χ1v) is 12.0. The molecule has 0 radical (unpaired) electrons. The normalized spacial score (nSPS) is 21.5. The number of carbonyl (C=O) groups is 1. The fourth-order valence-electron chi connectivity index (χ4n) is 4.46. The van der Waals surface area contributed by atoms with Gasteiger partial charge in [0.25, 0.3) is 0 Å². The standard InChI is InChI=1S/C25H30Cl2F2N2O3/c1-15-11-25(23(33)34-24(2,3)4,12-19-22(29)17(14-32)10-20(27)30-19)8-9-31(15)13-16-6-5-7-18(26)21(16)28/h5-7,10,15,32H,8-9,11-14H2,1-4H3/t15-,25-/m1/s1. The summed E-state index contributed by atoms with van der Waals surface area (Å²) in [6, 6.07) is 6.02. The van der Waals surface area contributed by atoms with Gasteiger partial charge < -0.3 is 9.84 Å². The summed E-state index contributed by atoms with van der Waals surface area (Å²) in [6.45, 7) is 7.54. The Hall–Kier alpha value is -1.80. The Bertz CT molecular complexity index is 1060. The number of benzene rings is 1. The van der Waals surface area contributed by atoms with Crippen LogP contribution in [0.25, 0.3) is 0 Å². The highest BCUT2D eigenvalue weighted by Crippen LogP contribution is 2.41. The van der Waals surface area contributed by atoms with E-state index < -0.39 is 35.2 Å². The Kier molecular flexibility index (Phi) is 8.23. The van der Waals surface area contributed by atoms with Gasteiger partial charge in [0.15, 0.2) is 0 Å². The summed E-state index contributed by atoms with van der Waals surface area (Å²) < 4.78 is 35.2. The van der Waals surface area contributed by atoms with E-state index in [0.717, 1.165) is 0 Å². The second kappa shape index (κ2) is 10.4. The Balaban J connectivity index is 1.91. The van der Waals surface area contributed by atoms with E-state index in [1.165, 1.54) is 12.1 Å². The van der Waals surface area contributed by atoms with E-state index in [2.05, 4.69) is 9.88 Å². The van der Waals surface area contributed by atoms with Gasteiger partial charge >= 0.3 is 5.97 Å². The minimum Gasteiger partial charge on any atom is -0.460 e. The molecule has 0 saturated carbocycles. The molecule has 2 aromatic rings. The van der Waals surface area contributed by atoms with Crippen molar-refractivity contribution in [3.63, 3.8) is 0 Å². The third kappa shape index (κ3) is 6.06. The fraction of sp³-hybridized carbons (Fsp3) is 0.520. The summed E-state index contributed by atoms with van der Waals surface area (Å²) in [5.41, 5.74) is -1.27. The molecule has 0 unspecified atom stereocenters. The van der Waals surface area contributed by atoms with Gasteiger partial charge in [0.05, 0.1) is 22.7 Å². The van der Waals surface area contributed by atoms with Crippen LogP contribution in [0, 0.1) is 17.0 Å². The van der Waals surface area contributed by atoms with Crippen molar-refractivity contribution in [3.05, 3.63) is 62.9 Å². The van der Waals surface area contributed by atoms with Crippen LogP contribution in [0.15, 0.2) is 24.3 Å². The smallest absolute Gasteiger partial charge is 0.313 e. The van der Waals surface area contributed by atoms with Crippen molar-refractivity contribution in [3.8, 4) is 0 Å². The topological polar surface area (TPSA) is 62.7 Å². The maximum absolute atomic E-state index is 15.0. The molecule has 1 fully saturated rings. The maximum atomic E-state index is 15.0. The summed E-state index contributed by atoms with van der Waals surface area (Å²) in [7, 11) is 0. The SMILES string of the molecule is C[C@@H]1C[C@](Cc2nc(Cl)cc(CO)c2F)(C(=O)OC(C)(C)C)CCN1Cc1cccc(Cl)c1F. The van der Waals surface area contributed by atoms with Gasteiger partial charge in [-0.15, -0.1) is 0 Å². The van der Waals surface area contributed by atoms with Gasteiger partial charge in [0.2, 0.25) is 0 Å². The largest absolute Gasteiger partial charge is 0.460 e. The maximum Gasteiger partial charge on any atom is 0.313 e. The third-order valence-electron chi connectivity index (χ3n) is 6.17. The molecular weight excluding hydrogens is 485 g/mol. The number of halogens is 4. The van der Waals surface area contributed by atoms with Crippen LogP contribution >= 0.6 is 23.2 Å². The van der Waals surface area contributed by atoms with Gasteiger partial charge in [-0.3, -0.25) is 9.69 Å². The molecule has 0 bridgehead atoms. The highest BCUT2D eigenvalue weighted by atomic mass is 35.5. The predicted octanol–water partition coefficient (Wildman–Crippen LogP) is 5.71. The average Bonchev–Trinajstić information content (AvgIpc) is 2.74. The first-order valence-electron chi connectivity index (χ1n) is 11.2. The average molecular weight is 515 g/mol. The zero-order valence-corrected chi connectivity index (χ0v) is 21.3. The van der Waals surface area contributed by atoms with E-state index >= 15 is 4.39 Å². The Morgan fingerprint density at radius 1 is 1.26 bits per heavy atom. The highest BCUT2D eigenvalue weighted by molar-refractivity contribution is 6.30. The molecule has 1 aromatic carbocycles. The number of ether oxygens (including phenoxy) is 1. The molecule has 1 aliphatic heterocycles. The first-order chi connectivity index (χ1) is 15.8. The van der Waals surface area contributed by atoms with Crippen molar-refractivity contribution in [1.82, 2.24) is 9.88 Å². The number of pyridine rings is 1.